The molecule has 0 atom stereocenters. The van der Waals surface area contributed by atoms with Crippen LogP contribution in [0.25, 0.3) is 0 Å². The molecule has 0 radical (unpaired) electrons. The molecule has 2 rings (SSSR count). The van der Waals surface area contributed by atoms with E-state index in [2.05, 4.69) is 15.1 Å². The molecule has 0 amide bonds. The van der Waals surface area contributed by atoms with E-state index in [1.165, 1.54) is 0 Å². The zero-order valence-electron chi connectivity index (χ0n) is 12.7. The molecule has 1 N–H and O–H groups in total. The fourth-order valence-electron chi connectivity index (χ4n) is 1.44. The minimum Gasteiger partial charge on any atom is -0.411 e. The number of oxime groups is 1. The molecule has 5 nitrogen and oxygen atoms in total. The minimum atomic E-state index is -4.49. The molecule has 2 aromatic rings. The second-order valence-corrected chi connectivity index (χ2v) is 5.35. The lowest BCUT2D eigenvalue weighted by Crippen LogP contribution is -2.06. The number of aromatic nitrogens is 2. The lowest BCUT2D eigenvalue weighted by molar-refractivity contribution is -0.138. The van der Waals surface area contributed by atoms with Gasteiger partial charge in [0, 0.05) is 12.4 Å². The quantitative estimate of drug-likeness (QED) is 0.234. The van der Waals surface area contributed by atoms with Gasteiger partial charge in [0.05, 0.1) is 27.4 Å². The number of hydrogen-bond donors (Lipinski definition) is 1. The molecule has 0 unspecified atom stereocenters. The first kappa shape index (κ1) is 22.6. The topological polar surface area (TPSA) is 75.4 Å². The monoisotopic (exact) mass is 433 g/mol. The van der Waals surface area contributed by atoms with Crippen molar-refractivity contribution in [1.29, 1.82) is 0 Å². The average molecular weight is 434 g/mol. The van der Waals surface area contributed by atoms with Crippen LogP contribution in [-0.2, 0) is 12.4 Å². The van der Waals surface area contributed by atoms with Gasteiger partial charge in [-0.2, -0.15) is 26.3 Å². The van der Waals surface area contributed by atoms with E-state index in [0.717, 1.165) is 6.21 Å². The summed E-state index contributed by atoms with van der Waals surface area (Å²) in [6.45, 7) is 0. The van der Waals surface area contributed by atoms with Crippen molar-refractivity contribution in [1.82, 2.24) is 9.97 Å². The summed E-state index contributed by atoms with van der Waals surface area (Å²) in [5.74, 6) is 0. The Morgan fingerprint density at radius 1 is 0.889 bits per heavy atom. The van der Waals surface area contributed by atoms with E-state index in [9.17, 15) is 31.1 Å². The highest BCUT2D eigenvalue weighted by Crippen LogP contribution is 2.31. The second kappa shape index (κ2) is 9.00. The molecule has 0 aliphatic carbocycles. The van der Waals surface area contributed by atoms with Crippen molar-refractivity contribution in [2.45, 2.75) is 12.4 Å². The normalized spacial score (nSPS) is 11.9. The molecule has 0 spiro atoms. The summed E-state index contributed by atoms with van der Waals surface area (Å²) in [6, 6.07) is 1.38. The third kappa shape index (κ3) is 6.68. The molecule has 0 fully saturated rings. The molecular weight excluding hydrogens is 427 g/mol. The fourth-order valence-corrected chi connectivity index (χ4v) is 1.87. The first-order chi connectivity index (χ1) is 12.4. The molecular formula is C14H7Cl2F6N3O2. The average Bonchev–Trinajstić information content (AvgIpc) is 2.55. The number of nitrogens with zero attached hydrogens (tertiary/aromatic N) is 3. The maximum absolute atomic E-state index is 12.1. The Labute approximate surface area is 157 Å². The predicted octanol–water partition coefficient (Wildman–Crippen LogP) is 5.13. The summed E-state index contributed by atoms with van der Waals surface area (Å²) in [4.78, 5) is 16.8. The van der Waals surface area contributed by atoms with Crippen LogP contribution < -0.4 is 0 Å². The largest absolute Gasteiger partial charge is 0.417 e. The molecule has 0 bridgehead atoms. The van der Waals surface area contributed by atoms with Gasteiger partial charge in [-0.05, 0) is 12.1 Å². The van der Waals surface area contributed by atoms with Crippen LogP contribution in [0.1, 0.15) is 27.3 Å². The van der Waals surface area contributed by atoms with Crippen molar-refractivity contribution < 1.29 is 36.3 Å². The van der Waals surface area contributed by atoms with Crippen molar-refractivity contribution in [3.8, 4) is 0 Å². The summed E-state index contributed by atoms with van der Waals surface area (Å²) in [5, 5.41) is 10.2. The van der Waals surface area contributed by atoms with Gasteiger partial charge in [-0.1, -0.05) is 28.4 Å². The van der Waals surface area contributed by atoms with E-state index in [1.54, 1.807) is 0 Å². The molecule has 13 heteroatoms. The van der Waals surface area contributed by atoms with Crippen molar-refractivity contribution in [3.05, 3.63) is 57.1 Å². The molecule has 27 heavy (non-hydrogen) atoms. The highest BCUT2D eigenvalue weighted by atomic mass is 35.5. The molecule has 0 aliphatic rings. The van der Waals surface area contributed by atoms with Crippen molar-refractivity contribution in [2.75, 3.05) is 0 Å². The molecule has 0 saturated carbocycles. The van der Waals surface area contributed by atoms with E-state index in [1.807, 2.05) is 0 Å². The second-order valence-electron chi connectivity index (χ2n) is 4.54. The van der Waals surface area contributed by atoms with Gasteiger partial charge < -0.3 is 5.21 Å². The van der Waals surface area contributed by atoms with E-state index in [4.69, 9.17) is 28.4 Å². The highest BCUT2D eigenvalue weighted by Gasteiger charge is 2.32. The Kier molecular flexibility index (Phi) is 7.55. The molecule has 2 heterocycles. The number of carbonyl (C=O) groups excluding carboxylic acids is 1. The van der Waals surface area contributed by atoms with Crippen LogP contribution in [0.2, 0.25) is 10.0 Å². The highest BCUT2D eigenvalue weighted by molar-refractivity contribution is 6.33. The number of aldehydes is 1. The number of halogens is 8. The van der Waals surface area contributed by atoms with E-state index >= 15 is 0 Å². The van der Waals surface area contributed by atoms with Crippen LogP contribution in [-0.4, -0.2) is 27.7 Å². The van der Waals surface area contributed by atoms with Crippen molar-refractivity contribution in [3.63, 3.8) is 0 Å². The number of carbonyl (C=O) groups is 1. The Morgan fingerprint density at radius 3 is 1.59 bits per heavy atom. The van der Waals surface area contributed by atoms with Gasteiger partial charge in [0.1, 0.15) is 11.4 Å². The van der Waals surface area contributed by atoms with Gasteiger partial charge in [0.25, 0.3) is 0 Å². The van der Waals surface area contributed by atoms with Gasteiger partial charge >= 0.3 is 12.4 Å². The number of alkyl halides is 6. The van der Waals surface area contributed by atoms with Crippen LogP contribution >= 0.6 is 23.2 Å². The Morgan fingerprint density at radius 2 is 1.30 bits per heavy atom. The molecule has 0 aliphatic heterocycles. The lowest BCUT2D eigenvalue weighted by Gasteiger charge is -2.06. The smallest absolute Gasteiger partial charge is 0.411 e. The van der Waals surface area contributed by atoms with Crippen LogP contribution in [0.3, 0.4) is 0 Å². The summed E-state index contributed by atoms with van der Waals surface area (Å²) in [7, 11) is 0. The Balaban J connectivity index is 0.000000271. The van der Waals surface area contributed by atoms with Gasteiger partial charge in [-0.3, -0.25) is 14.8 Å². The van der Waals surface area contributed by atoms with Gasteiger partial charge in [-0.25, -0.2) is 0 Å². The summed E-state index contributed by atoms with van der Waals surface area (Å²) >= 11 is 10.8. The van der Waals surface area contributed by atoms with Crippen molar-refractivity contribution >= 4 is 35.7 Å². The summed E-state index contributed by atoms with van der Waals surface area (Å²) in [5.41, 5.74) is -2.14. The molecule has 0 aromatic carbocycles. The summed E-state index contributed by atoms with van der Waals surface area (Å²) < 4.78 is 72.4. The summed E-state index contributed by atoms with van der Waals surface area (Å²) in [6.07, 6.45) is -6.65. The Hall–Kier alpha value is -2.40. The zero-order valence-corrected chi connectivity index (χ0v) is 14.2. The van der Waals surface area contributed by atoms with E-state index in [-0.39, 0.29) is 21.4 Å². The molecule has 146 valence electrons. The Bertz CT molecular complexity index is 841. The predicted molar refractivity (Wildman–Crippen MR) is 83.3 cm³/mol. The molecule has 0 saturated heterocycles. The number of pyridine rings is 2. The fraction of sp³-hybridized carbons (Fsp3) is 0.143. The van der Waals surface area contributed by atoms with Crippen LogP contribution in [0.5, 0.6) is 0 Å². The zero-order chi connectivity index (χ0) is 20.8. The van der Waals surface area contributed by atoms with Gasteiger partial charge in [-0.15, -0.1) is 0 Å². The SMILES string of the molecule is O=Cc1ncc(C(F)(F)F)cc1Cl.ON=Cc1ncc(C(F)(F)F)cc1Cl. The first-order valence-corrected chi connectivity index (χ1v) is 7.23. The van der Waals surface area contributed by atoms with Crippen LogP contribution in [0.4, 0.5) is 26.3 Å². The third-order valence-corrected chi connectivity index (χ3v) is 3.29. The maximum Gasteiger partial charge on any atom is 0.417 e. The minimum absolute atomic E-state index is 0.0258. The maximum atomic E-state index is 12.1. The first-order valence-electron chi connectivity index (χ1n) is 6.48. The van der Waals surface area contributed by atoms with Crippen molar-refractivity contribution in [2.24, 2.45) is 5.16 Å². The van der Waals surface area contributed by atoms with E-state index in [0.29, 0.717) is 30.8 Å². The number of rotatable bonds is 2. The number of hydrogen-bond acceptors (Lipinski definition) is 5. The van der Waals surface area contributed by atoms with Gasteiger partial charge in [0.2, 0.25) is 0 Å². The third-order valence-electron chi connectivity index (χ3n) is 2.69. The molecule has 2 aromatic heterocycles. The lowest BCUT2D eigenvalue weighted by atomic mass is 10.2. The standard InChI is InChI=1S/C7H4ClF3N2O.C7H3ClF3NO/c8-5-1-4(7(9,10)11)2-12-6(5)3-13-14;8-5-1-4(7(9,10)11)2-12-6(5)3-13/h1-3,14H;1-3H. The van der Waals surface area contributed by atoms with E-state index < -0.39 is 23.5 Å². The van der Waals surface area contributed by atoms with Gasteiger partial charge in [0.15, 0.2) is 6.29 Å². The van der Waals surface area contributed by atoms with Crippen LogP contribution in [0, 0.1) is 0 Å². The van der Waals surface area contributed by atoms with Crippen LogP contribution in [0.15, 0.2) is 29.7 Å².